The average Bonchev–Trinajstić information content (AvgIpc) is 3.31. The van der Waals surface area contributed by atoms with E-state index in [2.05, 4.69) is 16.7 Å². The largest absolute Gasteiger partial charge is 0.490 e. The minimum atomic E-state index is -0.329. The van der Waals surface area contributed by atoms with Crippen LogP contribution >= 0.6 is 11.8 Å². The van der Waals surface area contributed by atoms with Crippen LogP contribution in [0.1, 0.15) is 23.9 Å². The summed E-state index contributed by atoms with van der Waals surface area (Å²) in [6.45, 7) is 8.21. The summed E-state index contributed by atoms with van der Waals surface area (Å²) < 4.78 is 21.7. The number of aryl methyl sites for hydroxylation is 1. The highest BCUT2D eigenvalue weighted by molar-refractivity contribution is 8.15. The molecule has 0 saturated heterocycles. The van der Waals surface area contributed by atoms with E-state index < -0.39 is 0 Å². The van der Waals surface area contributed by atoms with Gasteiger partial charge in [-0.05, 0) is 61.2 Å². The molecule has 1 atom stereocenters. The molecule has 0 aliphatic rings. The Balaban J connectivity index is 2.10. The Morgan fingerprint density at radius 1 is 1.20 bits per heavy atom. The van der Waals surface area contributed by atoms with Crippen molar-refractivity contribution in [2.45, 2.75) is 26.7 Å². The number of hydrogen-bond donors (Lipinski definition) is 0. The van der Waals surface area contributed by atoms with Gasteiger partial charge in [0.2, 0.25) is 11.7 Å². The van der Waals surface area contributed by atoms with E-state index in [9.17, 15) is 0 Å². The monoisotopic (exact) mass is 494 g/mol. The lowest BCUT2D eigenvalue weighted by molar-refractivity contribution is 0.126. The molecule has 0 aliphatic heterocycles. The van der Waals surface area contributed by atoms with Crippen molar-refractivity contribution in [3.05, 3.63) is 72.1 Å². The summed E-state index contributed by atoms with van der Waals surface area (Å²) in [6.07, 6.45) is 3.34. The molecule has 2 aromatic carbocycles. The van der Waals surface area contributed by atoms with Crippen LogP contribution in [0.25, 0.3) is 11.4 Å². The topological polar surface area (TPSA) is 91.3 Å². The highest BCUT2D eigenvalue weighted by atomic mass is 32.2. The Morgan fingerprint density at radius 3 is 2.57 bits per heavy atom. The van der Waals surface area contributed by atoms with Gasteiger partial charge >= 0.3 is 0 Å². The standard InChI is InChI=1S/C26H30N4O4S/c1-7-12-33-23-14-19(16-31-4)13-21(15-23)24(26(35-6)28-17(2)32-5)29-22-10-8-20(9-11-22)25-27-18(3)34-30-25/h7-11,13-15,17H,1,12,16H2,2-6H3/b28-26-,29-24?. The average molecular weight is 495 g/mol. The van der Waals surface area contributed by atoms with Crippen LogP contribution < -0.4 is 4.74 Å². The van der Waals surface area contributed by atoms with Crippen LogP contribution in [0.3, 0.4) is 0 Å². The first kappa shape index (κ1) is 26.3. The van der Waals surface area contributed by atoms with Gasteiger partial charge in [-0.1, -0.05) is 17.8 Å². The van der Waals surface area contributed by atoms with Crippen LogP contribution in [0.2, 0.25) is 0 Å². The second kappa shape index (κ2) is 13.0. The van der Waals surface area contributed by atoms with E-state index in [1.54, 1.807) is 27.2 Å². The fraction of sp³-hybridized carbons (Fsp3) is 0.308. The number of ether oxygens (including phenoxy) is 3. The van der Waals surface area contributed by atoms with Gasteiger partial charge in [0, 0.05) is 32.3 Å². The molecule has 0 aliphatic carbocycles. The first-order chi connectivity index (χ1) is 17.0. The molecule has 0 radical (unpaired) electrons. The molecule has 0 saturated carbocycles. The molecule has 0 N–H and O–H groups in total. The molecule has 3 aromatic rings. The molecule has 0 fully saturated rings. The summed E-state index contributed by atoms with van der Waals surface area (Å²) in [4.78, 5) is 14.0. The van der Waals surface area contributed by atoms with Crippen molar-refractivity contribution in [2.24, 2.45) is 9.98 Å². The Labute approximate surface area is 210 Å². The summed E-state index contributed by atoms with van der Waals surface area (Å²) in [5.74, 6) is 1.75. The van der Waals surface area contributed by atoms with Gasteiger partial charge in [-0.15, -0.1) is 11.8 Å². The van der Waals surface area contributed by atoms with Crippen molar-refractivity contribution in [1.29, 1.82) is 0 Å². The Bertz CT molecular complexity index is 1190. The third kappa shape index (κ3) is 7.35. The van der Waals surface area contributed by atoms with Crippen LogP contribution in [0.15, 0.2) is 69.6 Å². The molecule has 8 nitrogen and oxygen atoms in total. The van der Waals surface area contributed by atoms with E-state index in [-0.39, 0.29) is 6.23 Å². The van der Waals surface area contributed by atoms with E-state index >= 15 is 0 Å². The summed E-state index contributed by atoms with van der Waals surface area (Å²) in [6, 6.07) is 13.6. The van der Waals surface area contributed by atoms with E-state index in [1.807, 2.05) is 55.6 Å². The van der Waals surface area contributed by atoms with Gasteiger partial charge in [-0.2, -0.15) is 4.98 Å². The van der Waals surface area contributed by atoms with Crippen LogP contribution in [-0.2, 0) is 16.1 Å². The van der Waals surface area contributed by atoms with E-state index in [4.69, 9.17) is 28.7 Å². The zero-order valence-corrected chi connectivity index (χ0v) is 21.5. The van der Waals surface area contributed by atoms with Gasteiger partial charge in [0.05, 0.1) is 12.3 Å². The zero-order valence-electron chi connectivity index (χ0n) is 20.6. The fourth-order valence-corrected chi connectivity index (χ4v) is 3.79. The van der Waals surface area contributed by atoms with Gasteiger partial charge in [0.15, 0.2) is 0 Å². The van der Waals surface area contributed by atoms with E-state index in [0.29, 0.717) is 36.4 Å². The summed E-state index contributed by atoms with van der Waals surface area (Å²) in [5.41, 5.74) is 4.11. The van der Waals surface area contributed by atoms with Crippen molar-refractivity contribution < 1.29 is 18.7 Å². The third-order valence-electron chi connectivity index (χ3n) is 4.85. The number of nitrogens with zero attached hydrogens (tertiary/aromatic N) is 4. The Kier molecular flexibility index (Phi) is 9.77. The lowest BCUT2D eigenvalue weighted by Gasteiger charge is -2.15. The maximum atomic E-state index is 5.84. The number of thioether (sulfide) groups is 1. The van der Waals surface area contributed by atoms with Gasteiger partial charge < -0.3 is 18.7 Å². The van der Waals surface area contributed by atoms with Crippen LogP contribution in [-0.4, -0.2) is 54.2 Å². The lowest BCUT2D eigenvalue weighted by atomic mass is 10.1. The van der Waals surface area contributed by atoms with E-state index in [1.165, 1.54) is 11.8 Å². The zero-order chi connectivity index (χ0) is 25.2. The predicted octanol–water partition coefficient (Wildman–Crippen LogP) is 5.63. The molecular formula is C26H30N4O4S. The van der Waals surface area contributed by atoms with Gasteiger partial charge in [0.25, 0.3) is 0 Å². The van der Waals surface area contributed by atoms with Crippen LogP contribution in [0.4, 0.5) is 5.69 Å². The third-order valence-corrected chi connectivity index (χ3v) is 5.53. The number of methoxy groups -OCH3 is 2. The number of aliphatic imine (C=N–C) groups is 2. The van der Waals surface area contributed by atoms with Crippen molar-refractivity contribution >= 4 is 28.2 Å². The van der Waals surface area contributed by atoms with Gasteiger partial charge in [-0.3, -0.25) is 0 Å². The highest BCUT2D eigenvalue weighted by Gasteiger charge is 2.16. The molecule has 0 spiro atoms. The molecule has 9 heteroatoms. The predicted molar refractivity (Wildman–Crippen MR) is 141 cm³/mol. The quantitative estimate of drug-likeness (QED) is 0.194. The number of aromatic nitrogens is 2. The molecule has 1 heterocycles. The summed E-state index contributed by atoms with van der Waals surface area (Å²) in [7, 11) is 3.29. The van der Waals surface area contributed by atoms with Gasteiger partial charge in [-0.25, -0.2) is 9.98 Å². The minimum absolute atomic E-state index is 0.329. The molecule has 0 amide bonds. The molecule has 184 valence electrons. The molecule has 3 rings (SSSR count). The maximum absolute atomic E-state index is 5.84. The van der Waals surface area contributed by atoms with E-state index in [0.717, 1.165) is 27.4 Å². The normalized spacial score (nSPS) is 13.1. The SMILES string of the molecule is C=CCOc1cc(COC)cc(C(=Nc2ccc(-c3noc(C)n3)cc2)/C(=N/C(C)OC)SC)c1. The Hall–Kier alpha value is -3.27. The smallest absolute Gasteiger partial charge is 0.223 e. The van der Waals surface area contributed by atoms with Crippen molar-refractivity contribution in [2.75, 3.05) is 27.1 Å². The first-order valence-electron chi connectivity index (χ1n) is 11.0. The number of hydrogen-bond acceptors (Lipinski definition) is 9. The highest BCUT2D eigenvalue weighted by Crippen LogP contribution is 2.25. The Morgan fingerprint density at radius 2 is 1.97 bits per heavy atom. The van der Waals surface area contributed by atoms with Crippen molar-refractivity contribution in [3.63, 3.8) is 0 Å². The first-order valence-corrected chi connectivity index (χ1v) is 12.2. The second-order valence-electron chi connectivity index (χ2n) is 7.52. The van der Waals surface area contributed by atoms with Crippen LogP contribution in [0, 0.1) is 6.92 Å². The molecular weight excluding hydrogens is 464 g/mol. The fourth-order valence-electron chi connectivity index (χ4n) is 3.18. The molecule has 0 bridgehead atoms. The lowest BCUT2D eigenvalue weighted by Crippen LogP contribution is -2.16. The summed E-state index contributed by atoms with van der Waals surface area (Å²) >= 11 is 1.50. The second-order valence-corrected chi connectivity index (χ2v) is 8.31. The molecule has 35 heavy (non-hydrogen) atoms. The molecule has 1 unspecified atom stereocenters. The van der Waals surface area contributed by atoms with Crippen LogP contribution in [0.5, 0.6) is 5.75 Å². The number of rotatable bonds is 11. The minimum Gasteiger partial charge on any atom is -0.490 e. The van der Waals surface area contributed by atoms with Gasteiger partial charge in [0.1, 0.15) is 29.3 Å². The summed E-state index contributed by atoms with van der Waals surface area (Å²) in [5, 5.41) is 4.72. The molecule has 1 aromatic heterocycles. The maximum Gasteiger partial charge on any atom is 0.223 e. The van der Waals surface area contributed by atoms with Crippen molar-refractivity contribution in [1.82, 2.24) is 10.1 Å². The van der Waals surface area contributed by atoms with Crippen molar-refractivity contribution in [3.8, 4) is 17.1 Å². The number of benzene rings is 2.